The summed E-state index contributed by atoms with van der Waals surface area (Å²) in [6.45, 7) is 0. The summed E-state index contributed by atoms with van der Waals surface area (Å²) in [5.74, 6) is 0. The first-order chi connectivity index (χ1) is 10.9. The van der Waals surface area contributed by atoms with Crippen LogP contribution < -0.4 is 5.32 Å². The highest BCUT2D eigenvalue weighted by molar-refractivity contribution is 7.78. The molecule has 3 rings (SSSR count). The van der Waals surface area contributed by atoms with Gasteiger partial charge in [-0.15, -0.1) is 0 Å². The average molecular weight is 302 g/mol. The predicted molar refractivity (Wildman–Crippen MR) is 94.9 cm³/mol. The van der Waals surface area contributed by atoms with Crippen molar-refractivity contribution in [3.05, 3.63) is 108 Å². The van der Waals surface area contributed by atoms with Gasteiger partial charge in [0.15, 0.2) is 0 Å². The maximum Gasteiger partial charge on any atom is 0.135 e. The van der Waals surface area contributed by atoms with E-state index in [-0.39, 0.29) is 0 Å². The molecule has 0 atom stereocenters. The van der Waals surface area contributed by atoms with Gasteiger partial charge in [0.05, 0.1) is 0 Å². The molecule has 0 spiro atoms. The number of benzene rings is 3. The van der Waals surface area contributed by atoms with Gasteiger partial charge in [0.25, 0.3) is 0 Å². The summed E-state index contributed by atoms with van der Waals surface area (Å²) in [5.41, 5.74) is 5.59. The summed E-state index contributed by atoms with van der Waals surface area (Å²) < 4.78 is 0. The third kappa shape index (κ3) is 2.53. The lowest BCUT2D eigenvalue weighted by molar-refractivity contribution is 0.585. The van der Waals surface area contributed by atoms with E-state index in [1.807, 2.05) is 54.6 Å². The molecule has 0 heterocycles. The van der Waals surface area contributed by atoms with Crippen LogP contribution in [0.25, 0.3) is 0 Å². The van der Waals surface area contributed by atoms with Crippen LogP contribution in [0.15, 0.2) is 91.0 Å². The van der Waals surface area contributed by atoms with Crippen LogP contribution in [-0.4, -0.2) is 5.49 Å². The van der Waals surface area contributed by atoms with E-state index in [1.165, 1.54) is 0 Å². The molecule has 1 nitrogen and oxygen atoms in total. The molecule has 0 saturated heterocycles. The van der Waals surface area contributed by atoms with Crippen molar-refractivity contribution in [2.45, 2.75) is 5.54 Å². The Balaban J connectivity index is 2.31. The van der Waals surface area contributed by atoms with Crippen molar-refractivity contribution in [1.82, 2.24) is 5.32 Å². The maximum atomic E-state index is 5.04. The molecular weight excluding hydrogens is 286 g/mol. The molecule has 0 bridgehead atoms. The van der Waals surface area contributed by atoms with Crippen LogP contribution >= 0.6 is 12.2 Å². The molecular formula is C20H16NS. The summed E-state index contributed by atoms with van der Waals surface area (Å²) in [6.07, 6.45) is 0. The largest absolute Gasteiger partial charge is 0.357 e. The summed E-state index contributed by atoms with van der Waals surface area (Å²) >= 11 is 5.04. The highest BCUT2D eigenvalue weighted by Gasteiger charge is 2.35. The average Bonchev–Trinajstić information content (AvgIpc) is 2.62. The van der Waals surface area contributed by atoms with Gasteiger partial charge in [-0.1, -0.05) is 103 Å². The molecule has 0 saturated carbocycles. The lowest BCUT2D eigenvalue weighted by atomic mass is 9.77. The van der Waals surface area contributed by atoms with Gasteiger partial charge in [-0.05, 0) is 16.7 Å². The number of thiocarbonyl (C=S) groups is 1. The summed E-state index contributed by atoms with van der Waals surface area (Å²) in [5, 5.41) is 3.31. The lowest BCUT2D eigenvalue weighted by Crippen LogP contribution is -2.43. The van der Waals surface area contributed by atoms with Crippen LogP contribution in [0, 0.1) is 0 Å². The van der Waals surface area contributed by atoms with Gasteiger partial charge in [-0.25, -0.2) is 0 Å². The van der Waals surface area contributed by atoms with Gasteiger partial charge in [0.2, 0.25) is 0 Å². The van der Waals surface area contributed by atoms with Crippen LogP contribution in [-0.2, 0) is 5.54 Å². The van der Waals surface area contributed by atoms with Crippen molar-refractivity contribution < 1.29 is 0 Å². The van der Waals surface area contributed by atoms with Gasteiger partial charge in [0, 0.05) is 0 Å². The van der Waals surface area contributed by atoms with Gasteiger partial charge in [-0.2, -0.15) is 0 Å². The van der Waals surface area contributed by atoms with Crippen LogP contribution in [0.1, 0.15) is 16.7 Å². The fraction of sp³-hybridized carbons (Fsp3) is 0.0500. The second-order valence-electron chi connectivity index (χ2n) is 5.08. The predicted octanol–water partition coefficient (Wildman–Crippen LogP) is 4.40. The Kier molecular flexibility index (Phi) is 4.31. The Labute approximate surface area is 136 Å². The molecule has 0 aliphatic carbocycles. The molecule has 3 aromatic rings. The molecule has 22 heavy (non-hydrogen) atoms. The van der Waals surface area contributed by atoms with E-state index < -0.39 is 5.54 Å². The Morgan fingerprint density at radius 3 is 1.18 bits per heavy atom. The Morgan fingerprint density at radius 1 is 0.591 bits per heavy atom. The Morgan fingerprint density at radius 2 is 0.909 bits per heavy atom. The zero-order valence-electron chi connectivity index (χ0n) is 12.1. The third-order valence-electron chi connectivity index (χ3n) is 3.86. The van der Waals surface area contributed by atoms with Crippen LogP contribution in [0.4, 0.5) is 0 Å². The molecule has 0 fully saturated rings. The van der Waals surface area contributed by atoms with Crippen LogP contribution in [0.5, 0.6) is 0 Å². The van der Waals surface area contributed by atoms with Crippen LogP contribution in [0.3, 0.4) is 0 Å². The topological polar surface area (TPSA) is 12.0 Å². The Hall–Kier alpha value is -2.45. The van der Waals surface area contributed by atoms with Crippen molar-refractivity contribution in [3.8, 4) is 0 Å². The fourth-order valence-corrected chi connectivity index (χ4v) is 3.01. The SMILES string of the molecule is S=[C]NC(c1ccccc1)(c1ccccc1)c1ccccc1. The van der Waals surface area contributed by atoms with Crippen molar-refractivity contribution in [3.63, 3.8) is 0 Å². The van der Waals surface area contributed by atoms with Crippen LogP contribution in [0.2, 0.25) is 0 Å². The zero-order chi connectivity index (χ0) is 15.3. The fourth-order valence-electron chi connectivity index (χ4n) is 2.86. The monoisotopic (exact) mass is 302 g/mol. The number of hydrogen-bond acceptors (Lipinski definition) is 1. The maximum absolute atomic E-state index is 5.04. The molecule has 0 amide bonds. The number of hydrogen-bond donors (Lipinski definition) is 1. The molecule has 107 valence electrons. The smallest absolute Gasteiger partial charge is 0.135 e. The molecule has 1 radical (unpaired) electrons. The second-order valence-corrected chi connectivity index (χ2v) is 5.28. The van der Waals surface area contributed by atoms with Crippen molar-refractivity contribution >= 4 is 17.7 Å². The van der Waals surface area contributed by atoms with E-state index in [1.54, 1.807) is 0 Å². The van der Waals surface area contributed by atoms with Crippen molar-refractivity contribution in [2.24, 2.45) is 0 Å². The highest BCUT2D eigenvalue weighted by atomic mass is 32.1. The molecule has 0 aliphatic heterocycles. The first kappa shape index (κ1) is 14.5. The summed E-state index contributed by atoms with van der Waals surface area (Å²) in [4.78, 5) is 0. The van der Waals surface area contributed by atoms with Gasteiger partial charge >= 0.3 is 0 Å². The Bertz CT molecular complexity index is 627. The van der Waals surface area contributed by atoms with Gasteiger partial charge in [-0.3, -0.25) is 0 Å². The van der Waals surface area contributed by atoms with Crippen molar-refractivity contribution in [1.29, 1.82) is 0 Å². The minimum atomic E-state index is -0.536. The van der Waals surface area contributed by atoms with E-state index in [0.29, 0.717) is 0 Å². The lowest BCUT2D eigenvalue weighted by Gasteiger charge is -2.35. The van der Waals surface area contributed by atoms with E-state index >= 15 is 0 Å². The summed E-state index contributed by atoms with van der Waals surface area (Å²) in [7, 11) is 0. The first-order valence-electron chi connectivity index (χ1n) is 7.19. The standard InChI is InChI=1S/C20H16NS/c22-16-21-20(17-10-4-1-5-11-17,18-12-6-2-7-13-18)19-14-8-3-9-15-19/h1-15H,(H,21,22). The van der Waals surface area contributed by atoms with E-state index in [2.05, 4.69) is 47.2 Å². The van der Waals surface area contributed by atoms with E-state index in [9.17, 15) is 0 Å². The second kappa shape index (κ2) is 6.54. The van der Waals surface area contributed by atoms with Gasteiger partial charge in [0.1, 0.15) is 11.0 Å². The summed E-state index contributed by atoms with van der Waals surface area (Å²) in [6, 6.07) is 31.0. The van der Waals surface area contributed by atoms with Gasteiger partial charge < -0.3 is 5.32 Å². The zero-order valence-corrected chi connectivity index (χ0v) is 12.9. The minimum absolute atomic E-state index is 0.536. The molecule has 3 aromatic carbocycles. The quantitative estimate of drug-likeness (QED) is 0.426. The number of rotatable bonds is 5. The molecule has 0 aromatic heterocycles. The van der Waals surface area contributed by atoms with E-state index in [4.69, 9.17) is 12.2 Å². The third-order valence-corrected chi connectivity index (χ3v) is 3.96. The molecule has 1 N–H and O–H groups in total. The number of nitrogens with one attached hydrogen (secondary N) is 1. The molecule has 2 heteroatoms. The van der Waals surface area contributed by atoms with Crippen molar-refractivity contribution in [2.75, 3.05) is 0 Å². The normalized spacial score (nSPS) is 10.9. The highest BCUT2D eigenvalue weighted by Crippen LogP contribution is 2.36. The molecule has 0 aliphatic rings. The first-order valence-corrected chi connectivity index (χ1v) is 7.59. The van der Waals surface area contributed by atoms with E-state index in [0.717, 1.165) is 16.7 Å². The minimum Gasteiger partial charge on any atom is -0.357 e. The molecule has 0 unspecified atom stereocenters.